The molecule has 0 aliphatic rings. The summed E-state index contributed by atoms with van der Waals surface area (Å²) in [7, 11) is 3.84. The molecule has 0 atom stereocenters. The Hall–Kier alpha value is -1.19. The summed E-state index contributed by atoms with van der Waals surface area (Å²) in [6.07, 6.45) is 1.82. The Balaban J connectivity index is 3.05. The zero-order valence-electron chi connectivity index (χ0n) is 8.70. The molecule has 0 aliphatic carbocycles. The summed E-state index contributed by atoms with van der Waals surface area (Å²) in [6.45, 7) is 4.16. The molecular weight excluding hydrogens is 164 g/mol. The molecule has 0 saturated heterocycles. The fourth-order valence-corrected chi connectivity index (χ4v) is 1.12. The zero-order valence-corrected chi connectivity index (χ0v) is 8.70. The highest BCUT2D eigenvalue weighted by molar-refractivity contribution is 5.27. The number of aromatic nitrogens is 3. The first-order chi connectivity index (χ1) is 6.19. The van der Waals surface area contributed by atoms with Gasteiger partial charge in [0, 0.05) is 14.1 Å². The molecule has 72 valence electrons. The average molecular weight is 180 g/mol. The third-order valence-electron chi connectivity index (χ3n) is 1.90. The first kappa shape index (κ1) is 9.89. The van der Waals surface area contributed by atoms with Crippen LogP contribution in [0.3, 0.4) is 0 Å². The minimum atomic E-state index is 0.689. The second-order valence-electron chi connectivity index (χ2n) is 3.11. The molecule has 1 aromatic heterocycles. The maximum absolute atomic E-state index is 4.41. The Morgan fingerprint density at radius 3 is 2.08 bits per heavy atom. The lowest BCUT2D eigenvalue weighted by molar-refractivity contribution is 0.802. The van der Waals surface area contributed by atoms with Crippen LogP contribution in [-0.4, -0.2) is 29.3 Å². The van der Waals surface area contributed by atoms with Gasteiger partial charge in [0.25, 0.3) is 0 Å². The van der Waals surface area contributed by atoms with Crippen molar-refractivity contribution in [3.63, 3.8) is 0 Å². The SMILES string of the molecule is CCc1nnc(N(C)C)nc1CC. The van der Waals surface area contributed by atoms with Crippen LogP contribution in [0, 0.1) is 0 Å². The van der Waals surface area contributed by atoms with E-state index in [9.17, 15) is 0 Å². The largest absolute Gasteiger partial charge is 0.346 e. The molecule has 0 aromatic carbocycles. The zero-order chi connectivity index (χ0) is 9.84. The molecule has 0 saturated carbocycles. The van der Waals surface area contributed by atoms with Gasteiger partial charge < -0.3 is 4.90 Å². The Morgan fingerprint density at radius 1 is 1.00 bits per heavy atom. The smallest absolute Gasteiger partial charge is 0.245 e. The Morgan fingerprint density at radius 2 is 1.62 bits per heavy atom. The second kappa shape index (κ2) is 4.16. The van der Waals surface area contributed by atoms with E-state index in [1.165, 1.54) is 0 Å². The molecule has 1 rings (SSSR count). The Bertz CT molecular complexity index is 283. The van der Waals surface area contributed by atoms with Gasteiger partial charge in [-0.25, -0.2) is 4.98 Å². The number of hydrogen-bond donors (Lipinski definition) is 0. The molecule has 4 heteroatoms. The summed E-state index contributed by atoms with van der Waals surface area (Å²) in [5, 5.41) is 8.16. The summed E-state index contributed by atoms with van der Waals surface area (Å²) in [5.74, 6) is 0.689. The number of nitrogens with zero attached hydrogens (tertiary/aromatic N) is 4. The highest BCUT2D eigenvalue weighted by Gasteiger charge is 2.06. The van der Waals surface area contributed by atoms with Crippen LogP contribution < -0.4 is 4.90 Å². The van der Waals surface area contributed by atoms with Crippen LogP contribution in [-0.2, 0) is 12.8 Å². The predicted molar refractivity (Wildman–Crippen MR) is 52.9 cm³/mol. The van der Waals surface area contributed by atoms with Crippen molar-refractivity contribution in [2.75, 3.05) is 19.0 Å². The van der Waals surface area contributed by atoms with E-state index in [0.717, 1.165) is 24.2 Å². The maximum Gasteiger partial charge on any atom is 0.245 e. The summed E-state index contributed by atoms with van der Waals surface area (Å²) < 4.78 is 0. The minimum absolute atomic E-state index is 0.689. The van der Waals surface area contributed by atoms with E-state index in [-0.39, 0.29) is 0 Å². The predicted octanol–water partition coefficient (Wildman–Crippen LogP) is 1.06. The molecule has 1 aromatic rings. The van der Waals surface area contributed by atoms with E-state index < -0.39 is 0 Å². The van der Waals surface area contributed by atoms with E-state index >= 15 is 0 Å². The monoisotopic (exact) mass is 180 g/mol. The molecule has 0 unspecified atom stereocenters. The van der Waals surface area contributed by atoms with Crippen LogP contribution in [0.15, 0.2) is 0 Å². The van der Waals surface area contributed by atoms with Crippen molar-refractivity contribution >= 4 is 5.95 Å². The van der Waals surface area contributed by atoms with E-state index in [4.69, 9.17) is 0 Å². The van der Waals surface area contributed by atoms with Crippen LogP contribution in [0.25, 0.3) is 0 Å². The summed E-state index contributed by atoms with van der Waals surface area (Å²) in [4.78, 5) is 6.28. The third-order valence-corrected chi connectivity index (χ3v) is 1.90. The number of rotatable bonds is 3. The van der Waals surface area contributed by atoms with Crippen molar-refractivity contribution in [3.05, 3.63) is 11.4 Å². The van der Waals surface area contributed by atoms with Gasteiger partial charge in [0.1, 0.15) is 0 Å². The van der Waals surface area contributed by atoms with Gasteiger partial charge in [0.15, 0.2) is 0 Å². The Kier molecular flexibility index (Phi) is 3.17. The lowest BCUT2D eigenvalue weighted by Crippen LogP contribution is -2.16. The molecule has 4 nitrogen and oxygen atoms in total. The fourth-order valence-electron chi connectivity index (χ4n) is 1.12. The second-order valence-corrected chi connectivity index (χ2v) is 3.11. The molecule has 0 fully saturated rings. The van der Waals surface area contributed by atoms with Gasteiger partial charge in [-0.05, 0) is 12.8 Å². The van der Waals surface area contributed by atoms with Crippen molar-refractivity contribution in [3.8, 4) is 0 Å². The standard InChI is InChI=1S/C9H16N4/c1-5-7-8(6-2)11-12-9(10-7)13(3)4/h5-6H2,1-4H3. The quantitative estimate of drug-likeness (QED) is 0.697. The third kappa shape index (κ3) is 2.14. The van der Waals surface area contributed by atoms with Gasteiger partial charge in [-0.3, -0.25) is 0 Å². The maximum atomic E-state index is 4.41. The van der Waals surface area contributed by atoms with Crippen LogP contribution in [0.2, 0.25) is 0 Å². The first-order valence-electron chi connectivity index (χ1n) is 4.58. The van der Waals surface area contributed by atoms with E-state index in [0.29, 0.717) is 5.95 Å². The molecular formula is C9H16N4. The molecule has 0 spiro atoms. The summed E-state index contributed by atoms with van der Waals surface area (Å²) in [6, 6.07) is 0. The van der Waals surface area contributed by atoms with E-state index in [1.807, 2.05) is 19.0 Å². The number of hydrogen-bond acceptors (Lipinski definition) is 4. The van der Waals surface area contributed by atoms with Gasteiger partial charge in [0.2, 0.25) is 5.95 Å². The van der Waals surface area contributed by atoms with E-state index in [2.05, 4.69) is 29.0 Å². The average Bonchev–Trinajstić information content (AvgIpc) is 2.16. The molecule has 1 heterocycles. The van der Waals surface area contributed by atoms with Crippen LogP contribution in [0.5, 0.6) is 0 Å². The summed E-state index contributed by atoms with van der Waals surface area (Å²) >= 11 is 0. The Labute approximate surface area is 79.0 Å². The van der Waals surface area contributed by atoms with E-state index in [1.54, 1.807) is 0 Å². The number of aryl methyl sites for hydroxylation is 2. The van der Waals surface area contributed by atoms with Gasteiger partial charge in [-0.2, -0.15) is 5.10 Å². The highest BCUT2D eigenvalue weighted by atomic mass is 15.3. The molecule has 0 bridgehead atoms. The molecule has 0 amide bonds. The lowest BCUT2D eigenvalue weighted by atomic mass is 10.2. The highest BCUT2D eigenvalue weighted by Crippen LogP contribution is 2.07. The molecule has 0 aliphatic heterocycles. The lowest BCUT2D eigenvalue weighted by Gasteiger charge is -2.11. The first-order valence-corrected chi connectivity index (χ1v) is 4.58. The minimum Gasteiger partial charge on any atom is -0.346 e. The van der Waals surface area contributed by atoms with Crippen molar-refractivity contribution in [1.29, 1.82) is 0 Å². The van der Waals surface area contributed by atoms with Crippen LogP contribution >= 0.6 is 0 Å². The van der Waals surface area contributed by atoms with Gasteiger partial charge in [0.05, 0.1) is 11.4 Å². The van der Waals surface area contributed by atoms with Gasteiger partial charge >= 0.3 is 0 Å². The van der Waals surface area contributed by atoms with Crippen molar-refractivity contribution in [2.45, 2.75) is 26.7 Å². The van der Waals surface area contributed by atoms with Gasteiger partial charge in [-0.1, -0.05) is 13.8 Å². The van der Waals surface area contributed by atoms with Crippen LogP contribution in [0.1, 0.15) is 25.2 Å². The van der Waals surface area contributed by atoms with Crippen molar-refractivity contribution in [2.24, 2.45) is 0 Å². The normalized spacial score (nSPS) is 10.2. The molecule has 13 heavy (non-hydrogen) atoms. The van der Waals surface area contributed by atoms with Crippen molar-refractivity contribution in [1.82, 2.24) is 15.2 Å². The summed E-state index contributed by atoms with van der Waals surface area (Å²) in [5.41, 5.74) is 2.06. The number of anilines is 1. The van der Waals surface area contributed by atoms with Crippen LogP contribution in [0.4, 0.5) is 5.95 Å². The fraction of sp³-hybridized carbons (Fsp3) is 0.667. The van der Waals surface area contributed by atoms with Crippen molar-refractivity contribution < 1.29 is 0 Å². The molecule has 0 N–H and O–H groups in total. The van der Waals surface area contributed by atoms with Gasteiger partial charge in [-0.15, -0.1) is 5.10 Å². The topological polar surface area (TPSA) is 41.9 Å². The molecule has 0 radical (unpaired) electrons.